The van der Waals surface area contributed by atoms with Gasteiger partial charge in [-0.05, 0) is 25.5 Å². The summed E-state index contributed by atoms with van der Waals surface area (Å²) in [6, 6.07) is 4.20. The lowest BCUT2D eigenvalue weighted by atomic mass is 10.0. The van der Waals surface area contributed by atoms with Gasteiger partial charge in [0.15, 0.2) is 0 Å². The fourth-order valence-electron chi connectivity index (χ4n) is 2.29. The van der Waals surface area contributed by atoms with Gasteiger partial charge in [0.2, 0.25) is 5.91 Å². The number of anilines is 1. The maximum atomic E-state index is 14.1. The summed E-state index contributed by atoms with van der Waals surface area (Å²) in [4.78, 5) is 13.4. The van der Waals surface area contributed by atoms with E-state index in [-0.39, 0.29) is 23.8 Å². The predicted molar refractivity (Wildman–Crippen MR) is 68.8 cm³/mol. The van der Waals surface area contributed by atoms with E-state index in [4.69, 9.17) is 5.73 Å². The highest BCUT2D eigenvalue weighted by Gasteiger charge is 2.29. The van der Waals surface area contributed by atoms with Crippen LogP contribution in [-0.2, 0) is 4.79 Å². The summed E-state index contributed by atoms with van der Waals surface area (Å²) >= 11 is 0. The van der Waals surface area contributed by atoms with Crippen molar-refractivity contribution in [1.29, 1.82) is 0 Å². The average Bonchev–Trinajstić information content (AvgIpc) is 2.33. The molecule has 1 amide bonds. The zero-order valence-electron chi connectivity index (χ0n) is 10.6. The maximum Gasteiger partial charge on any atom is 0.242 e. The summed E-state index contributed by atoms with van der Waals surface area (Å²) < 4.78 is 14.1. The molecule has 0 radical (unpaired) electrons. The van der Waals surface area contributed by atoms with E-state index in [0.717, 1.165) is 5.56 Å². The Morgan fingerprint density at radius 2 is 2.28 bits per heavy atom. The van der Waals surface area contributed by atoms with E-state index in [1.54, 1.807) is 17.9 Å². The number of benzene rings is 1. The van der Waals surface area contributed by atoms with Crippen LogP contribution in [0, 0.1) is 5.82 Å². The molecule has 1 aliphatic rings. The molecule has 1 aromatic rings. The second-order valence-electron chi connectivity index (χ2n) is 4.63. The quantitative estimate of drug-likeness (QED) is 0.829. The van der Waals surface area contributed by atoms with Gasteiger partial charge < -0.3 is 16.0 Å². The van der Waals surface area contributed by atoms with Crippen LogP contribution in [0.25, 0.3) is 0 Å². The summed E-state index contributed by atoms with van der Waals surface area (Å²) in [6.45, 7) is 4.70. The Bertz CT molecular complexity index is 462. The number of nitrogens with one attached hydrogen (secondary N) is 1. The van der Waals surface area contributed by atoms with Crippen LogP contribution in [0.15, 0.2) is 18.2 Å². The molecule has 0 spiro atoms. The van der Waals surface area contributed by atoms with Gasteiger partial charge in [0.25, 0.3) is 0 Å². The van der Waals surface area contributed by atoms with Gasteiger partial charge in [0.05, 0.1) is 5.69 Å². The minimum Gasteiger partial charge on any atom is -0.355 e. The number of carbonyl (C=O) groups is 1. The maximum absolute atomic E-state index is 14.1. The topological polar surface area (TPSA) is 58.4 Å². The van der Waals surface area contributed by atoms with Gasteiger partial charge >= 0.3 is 0 Å². The van der Waals surface area contributed by atoms with Crippen molar-refractivity contribution in [3.8, 4) is 0 Å². The first-order chi connectivity index (χ1) is 8.52. The summed E-state index contributed by atoms with van der Waals surface area (Å²) in [5, 5.41) is 2.77. The third kappa shape index (κ3) is 2.18. The van der Waals surface area contributed by atoms with Crippen molar-refractivity contribution in [3.05, 3.63) is 29.6 Å². The first-order valence-electron chi connectivity index (χ1n) is 6.10. The molecule has 1 heterocycles. The van der Waals surface area contributed by atoms with Crippen LogP contribution < -0.4 is 16.0 Å². The standard InChI is InChI=1S/C13H18FN3O/c1-8(15)10-4-3-5-11(14)12(10)17-7-6-16-13(18)9(17)2/h3-5,8-9H,6-7,15H2,1-2H3,(H,16,18)/t8-,9?/m1/s1. The molecule has 1 aromatic carbocycles. The van der Waals surface area contributed by atoms with Crippen LogP contribution in [0.2, 0.25) is 0 Å². The number of amides is 1. The van der Waals surface area contributed by atoms with Gasteiger partial charge in [-0.3, -0.25) is 4.79 Å². The highest BCUT2D eigenvalue weighted by molar-refractivity contribution is 5.86. The van der Waals surface area contributed by atoms with E-state index in [9.17, 15) is 9.18 Å². The number of halogens is 1. The fourth-order valence-corrected chi connectivity index (χ4v) is 2.29. The van der Waals surface area contributed by atoms with E-state index in [2.05, 4.69) is 5.32 Å². The third-order valence-electron chi connectivity index (χ3n) is 3.29. The highest BCUT2D eigenvalue weighted by atomic mass is 19.1. The Morgan fingerprint density at radius 3 is 2.94 bits per heavy atom. The van der Waals surface area contributed by atoms with E-state index >= 15 is 0 Å². The molecule has 98 valence electrons. The Kier molecular flexibility index (Phi) is 3.52. The first-order valence-corrected chi connectivity index (χ1v) is 6.10. The van der Waals surface area contributed by atoms with Crippen molar-refractivity contribution in [2.24, 2.45) is 5.73 Å². The Morgan fingerprint density at radius 1 is 1.56 bits per heavy atom. The van der Waals surface area contributed by atoms with Crippen molar-refractivity contribution in [3.63, 3.8) is 0 Å². The van der Waals surface area contributed by atoms with Gasteiger partial charge in [0.1, 0.15) is 11.9 Å². The molecule has 1 saturated heterocycles. The Hall–Kier alpha value is -1.62. The Labute approximate surface area is 106 Å². The molecule has 1 aliphatic heterocycles. The van der Waals surface area contributed by atoms with Crippen LogP contribution in [0.4, 0.5) is 10.1 Å². The molecule has 0 bridgehead atoms. The molecular weight excluding hydrogens is 233 g/mol. The monoisotopic (exact) mass is 251 g/mol. The molecule has 1 unspecified atom stereocenters. The second-order valence-corrected chi connectivity index (χ2v) is 4.63. The molecule has 0 saturated carbocycles. The third-order valence-corrected chi connectivity index (χ3v) is 3.29. The SMILES string of the molecule is CC1C(=O)NCCN1c1c(F)cccc1[C@@H](C)N. The highest BCUT2D eigenvalue weighted by Crippen LogP contribution is 2.30. The number of rotatable bonds is 2. The number of carbonyl (C=O) groups excluding carboxylic acids is 1. The van der Waals surface area contributed by atoms with Crippen molar-refractivity contribution in [2.45, 2.75) is 25.9 Å². The van der Waals surface area contributed by atoms with Gasteiger partial charge in [-0.25, -0.2) is 4.39 Å². The normalized spacial score (nSPS) is 21.7. The molecule has 18 heavy (non-hydrogen) atoms. The molecule has 2 rings (SSSR count). The fraction of sp³-hybridized carbons (Fsp3) is 0.462. The largest absolute Gasteiger partial charge is 0.355 e. The van der Waals surface area contributed by atoms with Crippen molar-refractivity contribution in [2.75, 3.05) is 18.0 Å². The van der Waals surface area contributed by atoms with Gasteiger partial charge in [-0.1, -0.05) is 12.1 Å². The summed E-state index contributed by atoms with van der Waals surface area (Å²) in [6.07, 6.45) is 0. The summed E-state index contributed by atoms with van der Waals surface area (Å²) in [5.74, 6) is -0.411. The van der Waals surface area contributed by atoms with Crippen LogP contribution in [0.1, 0.15) is 25.5 Å². The number of hydrogen-bond acceptors (Lipinski definition) is 3. The molecular formula is C13H18FN3O. The number of piperazine rings is 1. The smallest absolute Gasteiger partial charge is 0.242 e. The molecule has 2 atom stereocenters. The van der Waals surface area contributed by atoms with Crippen molar-refractivity contribution >= 4 is 11.6 Å². The van der Waals surface area contributed by atoms with Crippen LogP contribution in [-0.4, -0.2) is 25.0 Å². The molecule has 0 aromatic heterocycles. The molecule has 1 fully saturated rings. The average molecular weight is 251 g/mol. The molecule has 4 nitrogen and oxygen atoms in total. The van der Waals surface area contributed by atoms with Crippen LogP contribution in [0.3, 0.4) is 0 Å². The molecule has 5 heteroatoms. The minimum atomic E-state index is -0.381. The van der Waals surface area contributed by atoms with Crippen LogP contribution in [0.5, 0.6) is 0 Å². The van der Waals surface area contributed by atoms with Gasteiger partial charge in [-0.2, -0.15) is 0 Å². The van der Waals surface area contributed by atoms with Crippen LogP contribution >= 0.6 is 0 Å². The molecule has 3 N–H and O–H groups in total. The number of nitrogens with zero attached hydrogens (tertiary/aromatic N) is 1. The molecule has 0 aliphatic carbocycles. The van der Waals surface area contributed by atoms with E-state index in [1.807, 2.05) is 13.0 Å². The summed E-state index contributed by atoms with van der Waals surface area (Å²) in [5.41, 5.74) is 7.06. The van der Waals surface area contributed by atoms with Crippen molar-refractivity contribution < 1.29 is 9.18 Å². The number of hydrogen-bond donors (Lipinski definition) is 2. The minimum absolute atomic E-state index is 0.0832. The zero-order chi connectivity index (χ0) is 13.3. The zero-order valence-corrected chi connectivity index (χ0v) is 10.6. The lowest BCUT2D eigenvalue weighted by Crippen LogP contribution is -2.54. The van der Waals surface area contributed by atoms with Gasteiger partial charge in [0, 0.05) is 19.1 Å². The number of para-hydroxylation sites is 1. The lowest BCUT2D eigenvalue weighted by molar-refractivity contribution is -0.122. The van der Waals surface area contributed by atoms with E-state index in [0.29, 0.717) is 18.8 Å². The second kappa shape index (κ2) is 4.94. The Balaban J connectivity index is 2.46. The lowest BCUT2D eigenvalue weighted by Gasteiger charge is -2.36. The van der Waals surface area contributed by atoms with E-state index in [1.165, 1.54) is 6.07 Å². The van der Waals surface area contributed by atoms with Crippen molar-refractivity contribution in [1.82, 2.24) is 5.32 Å². The summed E-state index contributed by atoms with van der Waals surface area (Å²) in [7, 11) is 0. The van der Waals surface area contributed by atoms with Gasteiger partial charge in [-0.15, -0.1) is 0 Å². The predicted octanol–water partition coefficient (Wildman–Crippen LogP) is 1.17. The first kappa shape index (κ1) is 12.8. The number of nitrogens with two attached hydrogens (primary N) is 1. The van der Waals surface area contributed by atoms with E-state index < -0.39 is 0 Å².